The predicted octanol–water partition coefficient (Wildman–Crippen LogP) is 2.39. The summed E-state index contributed by atoms with van der Waals surface area (Å²) in [6, 6.07) is 16.2. The van der Waals surface area contributed by atoms with Gasteiger partial charge in [-0.2, -0.15) is 0 Å². The van der Waals surface area contributed by atoms with Crippen molar-refractivity contribution in [1.29, 1.82) is 0 Å². The lowest BCUT2D eigenvalue weighted by Gasteiger charge is -2.14. The van der Waals surface area contributed by atoms with Crippen molar-refractivity contribution in [2.24, 2.45) is 0 Å². The Morgan fingerprint density at radius 1 is 1.14 bits per heavy atom. The molecule has 22 heavy (non-hydrogen) atoms. The van der Waals surface area contributed by atoms with Crippen molar-refractivity contribution in [3.05, 3.63) is 60.2 Å². The van der Waals surface area contributed by atoms with E-state index in [1.165, 1.54) is 0 Å². The number of methoxy groups -OCH3 is 1. The first-order chi connectivity index (χ1) is 10.7. The Balaban J connectivity index is 1.80. The van der Waals surface area contributed by atoms with Crippen LogP contribution in [0.15, 0.2) is 54.6 Å². The smallest absolute Gasteiger partial charge is 0.412 e. The molecule has 0 saturated carbocycles. The topological polar surface area (TPSA) is 67.8 Å². The van der Waals surface area contributed by atoms with Crippen LogP contribution < -0.4 is 14.8 Å². The normalized spacial score (nSPS) is 11.5. The molecule has 2 aromatic carbocycles. The summed E-state index contributed by atoms with van der Waals surface area (Å²) in [4.78, 5) is 11.6. The van der Waals surface area contributed by atoms with E-state index in [0.717, 1.165) is 5.56 Å². The molecule has 0 fully saturated rings. The van der Waals surface area contributed by atoms with Gasteiger partial charge in [-0.05, 0) is 23.8 Å². The largest absolute Gasteiger partial charge is 0.496 e. The van der Waals surface area contributed by atoms with Crippen LogP contribution in [0.5, 0.6) is 11.5 Å². The molecule has 116 valence electrons. The average molecular weight is 301 g/mol. The third-order valence-electron chi connectivity index (χ3n) is 3.08. The molecule has 2 rings (SSSR count). The number of rotatable bonds is 6. The van der Waals surface area contributed by atoms with E-state index in [2.05, 4.69) is 5.32 Å². The van der Waals surface area contributed by atoms with E-state index in [-0.39, 0.29) is 6.54 Å². The Bertz CT molecular complexity index is 601. The molecule has 0 aliphatic rings. The van der Waals surface area contributed by atoms with Crippen LogP contribution in [-0.4, -0.2) is 31.0 Å². The molecule has 0 heterocycles. The monoisotopic (exact) mass is 301 g/mol. The van der Waals surface area contributed by atoms with Crippen molar-refractivity contribution in [1.82, 2.24) is 5.32 Å². The summed E-state index contributed by atoms with van der Waals surface area (Å²) in [5.41, 5.74) is 0.885. The molecule has 0 aromatic heterocycles. The molecule has 0 radical (unpaired) electrons. The molecular formula is C17H19NO4. The summed E-state index contributed by atoms with van der Waals surface area (Å²) in [7, 11) is 1.58. The number of aliphatic hydroxyl groups excluding tert-OH is 1. The Hall–Kier alpha value is -2.53. The van der Waals surface area contributed by atoms with Crippen molar-refractivity contribution < 1.29 is 19.4 Å². The highest BCUT2D eigenvalue weighted by molar-refractivity contribution is 5.70. The van der Waals surface area contributed by atoms with E-state index in [4.69, 9.17) is 9.47 Å². The quantitative estimate of drug-likeness (QED) is 0.859. The number of aliphatic hydroxyl groups is 1. The van der Waals surface area contributed by atoms with Crippen LogP contribution in [0.25, 0.3) is 0 Å². The van der Waals surface area contributed by atoms with Crippen LogP contribution in [0.3, 0.4) is 0 Å². The van der Waals surface area contributed by atoms with Crippen LogP contribution in [0, 0.1) is 0 Å². The molecule has 5 nitrogen and oxygen atoms in total. The summed E-state index contributed by atoms with van der Waals surface area (Å²) in [6.07, 6.45) is -0.930. The van der Waals surface area contributed by atoms with E-state index >= 15 is 0 Å². The molecule has 1 atom stereocenters. The molecule has 5 heteroatoms. The van der Waals surface area contributed by atoms with Gasteiger partial charge in [-0.25, -0.2) is 4.79 Å². The molecule has 0 saturated heterocycles. The van der Waals surface area contributed by atoms with Gasteiger partial charge in [0.25, 0.3) is 0 Å². The van der Waals surface area contributed by atoms with Crippen LogP contribution >= 0.6 is 0 Å². The second-order valence-electron chi connectivity index (χ2n) is 4.75. The molecule has 0 aliphatic heterocycles. The maximum Gasteiger partial charge on any atom is 0.412 e. The molecule has 2 aromatic rings. The Morgan fingerprint density at radius 2 is 1.82 bits per heavy atom. The highest BCUT2D eigenvalue weighted by Gasteiger charge is 2.11. The first-order valence-corrected chi connectivity index (χ1v) is 6.99. The second kappa shape index (κ2) is 8.05. The minimum absolute atomic E-state index is 0.101. The number of hydrogen-bond acceptors (Lipinski definition) is 4. The summed E-state index contributed by atoms with van der Waals surface area (Å²) < 4.78 is 10.3. The number of nitrogens with one attached hydrogen (secondary N) is 1. The Labute approximate surface area is 129 Å². The highest BCUT2D eigenvalue weighted by Crippen LogP contribution is 2.18. The van der Waals surface area contributed by atoms with Gasteiger partial charge in [-0.3, -0.25) is 0 Å². The first-order valence-electron chi connectivity index (χ1n) is 6.99. The molecule has 0 spiro atoms. The van der Waals surface area contributed by atoms with Crippen molar-refractivity contribution in [2.75, 3.05) is 13.7 Å². The number of para-hydroxylation sites is 2. The second-order valence-corrected chi connectivity index (χ2v) is 4.75. The minimum Gasteiger partial charge on any atom is -0.496 e. The van der Waals surface area contributed by atoms with Crippen molar-refractivity contribution in [3.63, 3.8) is 0 Å². The van der Waals surface area contributed by atoms with E-state index in [1.54, 1.807) is 31.4 Å². The summed E-state index contributed by atoms with van der Waals surface area (Å²) in [5, 5.41) is 12.5. The van der Waals surface area contributed by atoms with Crippen LogP contribution in [0.1, 0.15) is 5.56 Å². The number of carbonyl (C=O) groups excluding carboxylic acids is 1. The van der Waals surface area contributed by atoms with Crippen LogP contribution in [-0.2, 0) is 6.42 Å². The molecular weight excluding hydrogens is 282 g/mol. The maximum absolute atomic E-state index is 11.6. The third kappa shape index (κ3) is 4.79. The zero-order valence-corrected chi connectivity index (χ0v) is 12.4. The molecule has 1 unspecified atom stereocenters. The lowest BCUT2D eigenvalue weighted by Crippen LogP contribution is -2.35. The molecule has 2 N–H and O–H groups in total. The van der Waals surface area contributed by atoms with Crippen LogP contribution in [0.2, 0.25) is 0 Å². The SMILES string of the molecule is COc1ccccc1CC(O)CNC(=O)Oc1ccccc1. The Morgan fingerprint density at radius 3 is 2.55 bits per heavy atom. The zero-order chi connectivity index (χ0) is 15.8. The fraction of sp³-hybridized carbons (Fsp3) is 0.235. The molecule has 0 bridgehead atoms. The third-order valence-corrected chi connectivity index (χ3v) is 3.08. The van der Waals surface area contributed by atoms with E-state index < -0.39 is 12.2 Å². The standard InChI is InChI=1S/C17H19NO4/c1-21-16-10-6-5-7-13(16)11-14(19)12-18-17(20)22-15-8-3-2-4-9-15/h2-10,14,19H,11-12H2,1H3,(H,18,20). The van der Waals surface area contributed by atoms with Gasteiger partial charge in [-0.15, -0.1) is 0 Å². The number of benzene rings is 2. The first kappa shape index (κ1) is 15.9. The molecule has 0 aliphatic carbocycles. The van der Waals surface area contributed by atoms with Gasteiger partial charge in [0.2, 0.25) is 0 Å². The van der Waals surface area contributed by atoms with Gasteiger partial charge >= 0.3 is 6.09 Å². The molecule has 1 amide bonds. The van der Waals surface area contributed by atoms with Gasteiger partial charge < -0.3 is 19.9 Å². The highest BCUT2D eigenvalue weighted by atomic mass is 16.6. The fourth-order valence-corrected chi connectivity index (χ4v) is 2.03. The fourth-order valence-electron chi connectivity index (χ4n) is 2.03. The zero-order valence-electron chi connectivity index (χ0n) is 12.4. The van der Waals surface area contributed by atoms with Crippen LogP contribution in [0.4, 0.5) is 4.79 Å². The average Bonchev–Trinajstić information content (AvgIpc) is 2.54. The number of carbonyl (C=O) groups is 1. The number of hydrogen-bond donors (Lipinski definition) is 2. The predicted molar refractivity (Wildman–Crippen MR) is 83.2 cm³/mol. The van der Waals surface area contributed by atoms with Crippen molar-refractivity contribution in [2.45, 2.75) is 12.5 Å². The van der Waals surface area contributed by atoms with Crippen molar-refractivity contribution in [3.8, 4) is 11.5 Å². The van der Waals surface area contributed by atoms with Gasteiger partial charge in [0, 0.05) is 13.0 Å². The van der Waals surface area contributed by atoms with E-state index in [1.807, 2.05) is 30.3 Å². The van der Waals surface area contributed by atoms with E-state index in [9.17, 15) is 9.90 Å². The maximum atomic E-state index is 11.6. The van der Waals surface area contributed by atoms with Crippen molar-refractivity contribution >= 4 is 6.09 Å². The number of ether oxygens (including phenoxy) is 2. The van der Waals surface area contributed by atoms with Gasteiger partial charge in [-0.1, -0.05) is 36.4 Å². The van der Waals surface area contributed by atoms with Gasteiger partial charge in [0.1, 0.15) is 11.5 Å². The van der Waals surface area contributed by atoms with E-state index in [0.29, 0.717) is 17.9 Å². The lowest BCUT2D eigenvalue weighted by atomic mass is 10.1. The van der Waals surface area contributed by atoms with Gasteiger partial charge in [0.15, 0.2) is 0 Å². The number of amides is 1. The Kier molecular flexibility index (Phi) is 5.80. The summed E-state index contributed by atoms with van der Waals surface area (Å²) in [5.74, 6) is 1.17. The summed E-state index contributed by atoms with van der Waals surface area (Å²) in [6.45, 7) is 0.101. The lowest BCUT2D eigenvalue weighted by molar-refractivity contribution is 0.159. The summed E-state index contributed by atoms with van der Waals surface area (Å²) >= 11 is 0. The van der Waals surface area contributed by atoms with Gasteiger partial charge in [0.05, 0.1) is 13.2 Å². The minimum atomic E-state index is -0.723.